The molecule has 0 aliphatic carbocycles. The zero-order chi connectivity index (χ0) is 15.1. The first-order valence-electron chi connectivity index (χ1n) is 7.13. The van der Waals surface area contributed by atoms with E-state index < -0.39 is 11.3 Å². The number of hydrogen-bond donors (Lipinski definition) is 0. The van der Waals surface area contributed by atoms with Gasteiger partial charge in [-0.15, -0.1) is 0 Å². The quantitative estimate of drug-likeness (QED) is 0.863. The lowest BCUT2D eigenvalue weighted by Gasteiger charge is -2.41. The van der Waals surface area contributed by atoms with Crippen LogP contribution in [0.15, 0.2) is 54.9 Å². The fourth-order valence-electron chi connectivity index (χ4n) is 2.93. The summed E-state index contributed by atoms with van der Waals surface area (Å²) < 4.78 is 7.68. The van der Waals surface area contributed by atoms with Crippen molar-refractivity contribution in [1.29, 1.82) is 0 Å². The highest BCUT2D eigenvalue weighted by Gasteiger charge is 2.58. The van der Waals surface area contributed by atoms with E-state index in [9.17, 15) is 4.79 Å². The second-order valence-electron chi connectivity index (χ2n) is 6.06. The normalized spacial score (nSPS) is 24.1. The maximum Gasteiger partial charge on any atom is 0.412 e. The van der Waals surface area contributed by atoms with E-state index in [-0.39, 0.29) is 6.09 Å². The monoisotopic (exact) mass is 284 g/mol. The molecule has 1 unspecified atom stereocenters. The van der Waals surface area contributed by atoms with E-state index >= 15 is 0 Å². The van der Waals surface area contributed by atoms with Gasteiger partial charge in [-0.3, -0.25) is 4.90 Å². The molecule has 2 heterocycles. The SMILES string of the molecule is CC1(C)OC(=O)N(Cc2ccccc2)C1(C)n1cccc1. The van der Waals surface area contributed by atoms with Crippen molar-refractivity contribution < 1.29 is 9.53 Å². The number of amides is 1. The number of aromatic nitrogens is 1. The number of carbonyl (C=O) groups is 1. The molecule has 2 aromatic rings. The van der Waals surface area contributed by atoms with Crippen LogP contribution in [-0.2, 0) is 16.9 Å². The Hall–Kier alpha value is -2.23. The molecule has 4 heteroatoms. The molecule has 1 aliphatic rings. The Labute approximate surface area is 124 Å². The summed E-state index contributed by atoms with van der Waals surface area (Å²) in [6.45, 7) is 6.48. The Kier molecular flexibility index (Phi) is 3.04. The molecule has 1 amide bonds. The first-order chi connectivity index (χ1) is 9.95. The fourth-order valence-corrected chi connectivity index (χ4v) is 2.93. The molecule has 21 heavy (non-hydrogen) atoms. The van der Waals surface area contributed by atoms with E-state index in [1.54, 1.807) is 4.90 Å². The minimum absolute atomic E-state index is 0.278. The van der Waals surface area contributed by atoms with Crippen LogP contribution in [0.5, 0.6) is 0 Å². The van der Waals surface area contributed by atoms with E-state index in [2.05, 4.69) is 0 Å². The minimum Gasteiger partial charge on any atom is -0.439 e. The number of ether oxygens (including phenoxy) is 1. The third-order valence-corrected chi connectivity index (χ3v) is 4.52. The van der Waals surface area contributed by atoms with Gasteiger partial charge in [-0.05, 0) is 38.5 Å². The number of carbonyl (C=O) groups excluding carboxylic acids is 1. The molecule has 1 aromatic carbocycles. The number of hydrogen-bond acceptors (Lipinski definition) is 2. The highest BCUT2D eigenvalue weighted by molar-refractivity contribution is 5.72. The predicted octanol–water partition coefficient (Wildman–Crippen LogP) is 3.59. The topological polar surface area (TPSA) is 34.5 Å². The lowest BCUT2D eigenvalue weighted by atomic mass is 9.91. The van der Waals surface area contributed by atoms with E-state index in [0.29, 0.717) is 6.54 Å². The summed E-state index contributed by atoms with van der Waals surface area (Å²) in [7, 11) is 0. The molecule has 1 fully saturated rings. The molecule has 0 N–H and O–H groups in total. The van der Waals surface area contributed by atoms with Gasteiger partial charge >= 0.3 is 6.09 Å². The molecule has 4 nitrogen and oxygen atoms in total. The molecule has 1 aromatic heterocycles. The van der Waals surface area contributed by atoms with Gasteiger partial charge in [0.1, 0.15) is 0 Å². The van der Waals surface area contributed by atoms with Crippen molar-refractivity contribution >= 4 is 6.09 Å². The third-order valence-electron chi connectivity index (χ3n) is 4.52. The average molecular weight is 284 g/mol. The molecule has 0 radical (unpaired) electrons. The Balaban J connectivity index is 2.03. The second-order valence-corrected chi connectivity index (χ2v) is 6.06. The maximum atomic E-state index is 12.4. The molecule has 0 spiro atoms. The van der Waals surface area contributed by atoms with Crippen LogP contribution in [-0.4, -0.2) is 21.2 Å². The van der Waals surface area contributed by atoms with Gasteiger partial charge < -0.3 is 9.30 Å². The molecule has 0 saturated carbocycles. The van der Waals surface area contributed by atoms with E-state index in [4.69, 9.17) is 4.74 Å². The van der Waals surface area contributed by atoms with Crippen molar-refractivity contribution in [1.82, 2.24) is 9.47 Å². The summed E-state index contributed by atoms with van der Waals surface area (Å²) in [4.78, 5) is 14.2. The molecule has 110 valence electrons. The van der Waals surface area contributed by atoms with Gasteiger partial charge in [0.25, 0.3) is 0 Å². The second kappa shape index (κ2) is 4.65. The van der Waals surface area contributed by atoms with Gasteiger partial charge in [0.2, 0.25) is 0 Å². The van der Waals surface area contributed by atoms with Crippen molar-refractivity contribution in [3.63, 3.8) is 0 Å². The van der Waals surface area contributed by atoms with Crippen molar-refractivity contribution in [2.75, 3.05) is 0 Å². The summed E-state index contributed by atoms with van der Waals surface area (Å²) in [5.41, 5.74) is -0.0908. The summed E-state index contributed by atoms with van der Waals surface area (Å²) >= 11 is 0. The lowest BCUT2D eigenvalue weighted by molar-refractivity contribution is -0.0258. The van der Waals surface area contributed by atoms with Crippen LogP contribution < -0.4 is 0 Å². The van der Waals surface area contributed by atoms with Crippen LogP contribution in [0, 0.1) is 0 Å². The van der Waals surface area contributed by atoms with Gasteiger partial charge in [-0.2, -0.15) is 0 Å². The zero-order valence-corrected chi connectivity index (χ0v) is 12.6. The largest absolute Gasteiger partial charge is 0.439 e. The molecular formula is C17H20N2O2. The van der Waals surface area contributed by atoms with Gasteiger partial charge in [-0.25, -0.2) is 4.79 Å². The van der Waals surface area contributed by atoms with Gasteiger partial charge in [0.05, 0.1) is 6.54 Å². The molecule has 3 rings (SSSR count). The molecule has 1 saturated heterocycles. The summed E-state index contributed by atoms with van der Waals surface area (Å²) in [6.07, 6.45) is 3.67. The van der Waals surface area contributed by atoms with E-state index in [1.165, 1.54) is 0 Å². The summed E-state index contributed by atoms with van der Waals surface area (Å²) in [6, 6.07) is 13.9. The number of nitrogens with zero attached hydrogens (tertiary/aromatic N) is 2. The van der Waals surface area contributed by atoms with Crippen LogP contribution in [0.1, 0.15) is 26.3 Å². The molecular weight excluding hydrogens is 264 g/mol. The smallest absolute Gasteiger partial charge is 0.412 e. The van der Waals surface area contributed by atoms with Gasteiger partial charge in [-0.1, -0.05) is 30.3 Å². The Bertz CT molecular complexity index is 634. The first kappa shape index (κ1) is 13.7. The van der Waals surface area contributed by atoms with Crippen molar-refractivity contribution in [3.8, 4) is 0 Å². The van der Waals surface area contributed by atoms with Crippen LogP contribution in [0.3, 0.4) is 0 Å². The summed E-state index contributed by atoms with van der Waals surface area (Å²) in [5, 5.41) is 0. The van der Waals surface area contributed by atoms with E-state index in [1.807, 2.05) is 80.2 Å². The molecule has 1 aliphatic heterocycles. The van der Waals surface area contributed by atoms with Crippen LogP contribution in [0.4, 0.5) is 4.79 Å². The zero-order valence-electron chi connectivity index (χ0n) is 12.6. The average Bonchev–Trinajstić information content (AvgIpc) is 3.03. The number of cyclic esters (lactones) is 1. The van der Waals surface area contributed by atoms with Crippen LogP contribution in [0.2, 0.25) is 0 Å². The van der Waals surface area contributed by atoms with Crippen LogP contribution >= 0.6 is 0 Å². The van der Waals surface area contributed by atoms with E-state index in [0.717, 1.165) is 5.56 Å². The predicted molar refractivity (Wildman–Crippen MR) is 80.6 cm³/mol. The maximum absolute atomic E-state index is 12.4. The fraction of sp³-hybridized carbons (Fsp3) is 0.353. The highest BCUT2D eigenvalue weighted by atomic mass is 16.6. The Morgan fingerprint density at radius 3 is 2.24 bits per heavy atom. The Morgan fingerprint density at radius 1 is 1.00 bits per heavy atom. The standard InChI is InChI=1S/C17H20N2O2/c1-16(2)17(3,18-11-7-8-12-18)19(15(20)21-16)13-14-9-5-4-6-10-14/h4-12H,13H2,1-3H3. The highest BCUT2D eigenvalue weighted by Crippen LogP contribution is 2.43. The molecule has 0 bridgehead atoms. The van der Waals surface area contributed by atoms with Gasteiger partial charge in [0, 0.05) is 12.4 Å². The number of rotatable bonds is 3. The minimum atomic E-state index is -0.613. The summed E-state index contributed by atoms with van der Waals surface area (Å²) in [5.74, 6) is 0. The number of benzene rings is 1. The van der Waals surface area contributed by atoms with Crippen molar-refractivity contribution in [2.24, 2.45) is 0 Å². The lowest BCUT2D eigenvalue weighted by Crippen LogP contribution is -2.54. The first-order valence-corrected chi connectivity index (χ1v) is 7.13. The van der Waals surface area contributed by atoms with Crippen LogP contribution in [0.25, 0.3) is 0 Å². The third kappa shape index (κ3) is 2.02. The Morgan fingerprint density at radius 2 is 1.62 bits per heavy atom. The molecule has 1 atom stereocenters. The van der Waals surface area contributed by atoms with Crippen molar-refractivity contribution in [3.05, 3.63) is 60.4 Å². The van der Waals surface area contributed by atoms with Crippen molar-refractivity contribution in [2.45, 2.75) is 38.6 Å². The van der Waals surface area contributed by atoms with Gasteiger partial charge in [0.15, 0.2) is 11.3 Å².